The van der Waals surface area contributed by atoms with Gasteiger partial charge in [0.1, 0.15) is 0 Å². The molecule has 0 aromatic carbocycles. The summed E-state index contributed by atoms with van der Waals surface area (Å²) in [6.45, 7) is 5.25. The summed E-state index contributed by atoms with van der Waals surface area (Å²) in [4.78, 5) is 4.56. The zero-order valence-electron chi connectivity index (χ0n) is 15.0. The Morgan fingerprint density at radius 3 is 2.52 bits per heavy atom. The first kappa shape index (κ1) is 18.0. The van der Waals surface area contributed by atoms with Crippen molar-refractivity contribution in [2.75, 3.05) is 19.6 Å². The van der Waals surface area contributed by atoms with Crippen molar-refractivity contribution in [3.8, 4) is 11.1 Å². The van der Waals surface area contributed by atoms with Gasteiger partial charge in [0.15, 0.2) is 0 Å². The molecule has 0 aliphatic carbocycles. The molecule has 0 spiro atoms. The van der Waals surface area contributed by atoms with E-state index in [1.54, 1.807) is 21.4 Å². The quantitative estimate of drug-likeness (QED) is 0.789. The van der Waals surface area contributed by atoms with Crippen LogP contribution >= 0.6 is 0 Å². The molecular weight excluding hydrogens is 338 g/mol. The van der Waals surface area contributed by atoms with Gasteiger partial charge in [0.05, 0.1) is 17.9 Å². The second kappa shape index (κ2) is 7.23. The van der Waals surface area contributed by atoms with Gasteiger partial charge in [-0.05, 0) is 18.9 Å². The summed E-state index contributed by atoms with van der Waals surface area (Å²) < 4.78 is 30.6. The molecule has 8 heteroatoms. The normalized spacial score (nSPS) is 19.0. The molecule has 136 valence electrons. The fourth-order valence-electron chi connectivity index (χ4n) is 3.35. The second-order valence-electron chi connectivity index (χ2n) is 6.24. The van der Waals surface area contributed by atoms with Gasteiger partial charge >= 0.3 is 0 Å². The molecule has 0 saturated carbocycles. The largest absolute Gasteiger partial charge is 0.282 e. The zero-order chi connectivity index (χ0) is 18.0. The summed E-state index contributed by atoms with van der Waals surface area (Å²) in [6, 6.07) is 3.73. The molecule has 3 rings (SSSR count). The van der Waals surface area contributed by atoms with Crippen molar-refractivity contribution in [3.05, 3.63) is 36.4 Å². The molecule has 2 aromatic rings. The maximum atomic E-state index is 12.9. The average Bonchev–Trinajstić information content (AvgIpc) is 3.25. The maximum absolute atomic E-state index is 12.9. The molecular formula is C17H25N5O2S. The first-order valence-corrected chi connectivity index (χ1v) is 10.1. The van der Waals surface area contributed by atoms with Crippen LogP contribution in [0.2, 0.25) is 0 Å². The third-order valence-electron chi connectivity index (χ3n) is 4.70. The zero-order valence-corrected chi connectivity index (χ0v) is 15.8. The van der Waals surface area contributed by atoms with Gasteiger partial charge in [0, 0.05) is 50.2 Å². The molecule has 0 radical (unpaired) electrons. The minimum atomic E-state index is -3.44. The van der Waals surface area contributed by atoms with Gasteiger partial charge in [-0.15, -0.1) is 0 Å². The third-order valence-corrected chi connectivity index (χ3v) is 6.90. The minimum Gasteiger partial charge on any atom is -0.275 e. The van der Waals surface area contributed by atoms with E-state index in [0.29, 0.717) is 19.6 Å². The van der Waals surface area contributed by atoms with Crippen molar-refractivity contribution < 1.29 is 8.42 Å². The molecule has 7 nitrogen and oxygen atoms in total. The van der Waals surface area contributed by atoms with Crippen LogP contribution in [0.15, 0.2) is 30.7 Å². The van der Waals surface area contributed by atoms with Crippen LogP contribution in [0.4, 0.5) is 0 Å². The van der Waals surface area contributed by atoms with Crippen molar-refractivity contribution in [1.29, 1.82) is 0 Å². The van der Waals surface area contributed by atoms with Crippen molar-refractivity contribution >= 4 is 10.2 Å². The van der Waals surface area contributed by atoms with Gasteiger partial charge in [-0.3, -0.25) is 9.67 Å². The van der Waals surface area contributed by atoms with Crippen LogP contribution in [0.25, 0.3) is 11.1 Å². The molecule has 2 aromatic heterocycles. The highest BCUT2D eigenvalue weighted by Gasteiger charge is 2.38. The van der Waals surface area contributed by atoms with Crippen molar-refractivity contribution in [3.63, 3.8) is 0 Å². The van der Waals surface area contributed by atoms with E-state index in [0.717, 1.165) is 29.7 Å². The van der Waals surface area contributed by atoms with E-state index < -0.39 is 10.2 Å². The number of aromatic nitrogens is 3. The lowest BCUT2D eigenvalue weighted by atomic mass is 10.1. The van der Waals surface area contributed by atoms with Crippen molar-refractivity contribution in [2.45, 2.75) is 32.7 Å². The Morgan fingerprint density at radius 1 is 1.20 bits per heavy atom. The Labute approximate surface area is 149 Å². The minimum absolute atomic E-state index is 0.187. The molecule has 1 atom stereocenters. The van der Waals surface area contributed by atoms with E-state index in [9.17, 15) is 8.42 Å². The summed E-state index contributed by atoms with van der Waals surface area (Å²) in [5.41, 5.74) is 2.79. The molecule has 0 N–H and O–H groups in total. The fraction of sp³-hybridized carbons (Fsp3) is 0.529. The molecule has 1 fully saturated rings. The predicted molar refractivity (Wildman–Crippen MR) is 97.0 cm³/mol. The standard InChI is InChI=1S/C17H25N5O2S/c1-4-21(5-2)25(23,24)22-10-6-7-17(22)16-9-8-14(11-18-16)15-12-19-20(3)13-15/h8-9,11-13,17H,4-7,10H2,1-3H3/t17-/m0/s1. The van der Waals surface area contributed by atoms with Gasteiger partial charge in [-0.1, -0.05) is 19.9 Å². The van der Waals surface area contributed by atoms with Crippen LogP contribution in [0, 0.1) is 0 Å². The number of aryl methyl sites for hydroxylation is 1. The highest BCUT2D eigenvalue weighted by Crippen LogP contribution is 2.34. The molecule has 3 heterocycles. The van der Waals surface area contributed by atoms with Crippen LogP contribution in [-0.4, -0.2) is 51.4 Å². The van der Waals surface area contributed by atoms with E-state index in [2.05, 4.69) is 10.1 Å². The molecule has 0 bridgehead atoms. The van der Waals surface area contributed by atoms with Gasteiger partial charge < -0.3 is 0 Å². The van der Waals surface area contributed by atoms with E-state index in [-0.39, 0.29) is 6.04 Å². The summed E-state index contributed by atoms with van der Waals surface area (Å²) in [6.07, 6.45) is 7.19. The summed E-state index contributed by atoms with van der Waals surface area (Å²) in [7, 11) is -1.57. The Balaban J connectivity index is 1.85. The topological polar surface area (TPSA) is 71.3 Å². The number of pyridine rings is 1. The van der Waals surface area contributed by atoms with Gasteiger partial charge in [0.25, 0.3) is 10.2 Å². The second-order valence-corrected chi connectivity index (χ2v) is 8.12. The summed E-state index contributed by atoms with van der Waals surface area (Å²) in [5, 5.41) is 4.17. The SMILES string of the molecule is CCN(CC)S(=O)(=O)N1CCC[C@H]1c1ccc(-c2cnn(C)c2)cn1. The average molecular weight is 363 g/mol. The van der Waals surface area contributed by atoms with Crippen LogP contribution in [0.5, 0.6) is 0 Å². The summed E-state index contributed by atoms with van der Waals surface area (Å²) >= 11 is 0. The van der Waals surface area contributed by atoms with Crippen molar-refractivity contribution in [2.24, 2.45) is 7.05 Å². The van der Waals surface area contributed by atoms with Gasteiger partial charge in [-0.2, -0.15) is 22.1 Å². The summed E-state index contributed by atoms with van der Waals surface area (Å²) in [5.74, 6) is 0. The van der Waals surface area contributed by atoms with Gasteiger partial charge in [-0.25, -0.2) is 0 Å². The maximum Gasteiger partial charge on any atom is 0.282 e. The number of rotatable bonds is 6. The van der Waals surface area contributed by atoms with E-state index >= 15 is 0 Å². The molecule has 25 heavy (non-hydrogen) atoms. The fourth-order valence-corrected chi connectivity index (χ4v) is 5.20. The Kier molecular flexibility index (Phi) is 5.21. The lowest BCUT2D eigenvalue weighted by Crippen LogP contribution is -2.43. The van der Waals surface area contributed by atoms with E-state index in [1.165, 1.54) is 4.31 Å². The highest BCUT2D eigenvalue weighted by molar-refractivity contribution is 7.86. The number of hydrogen-bond acceptors (Lipinski definition) is 4. The predicted octanol–water partition coefficient (Wildman–Crippen LogP) is 2.21. The van der Waals surface area contributed by atoms with Gasteiger partial charge in [0.2, 0.25) is 0 Å². The monoisotopic (exact) mass is 363 g/mol. The van der Waals surface area contributed by atoms with Crippen LogP contribution in [-0.2, 0) is 17.3 Å². The van der Waals surface area contributed by atoms with Crippen LogP contribution < -0.4 is 0 Å². The molecule has 0 amide bonds. The lowest BCUT2D eigenvalue weighted by Gasteiger charge is -2.29. The lowest BCUT2D eigenvalue weighted by molar-refractivity contribution is 0.335. The van der Waals surface area contributed by atoms with E-state index in [1.807, 2.05) is 39.2 Å². The third kappa shape index (κ3) is 3.47. The Bertz CT molecular complexity index is 812. The van der Waals surface area contributed by atoms with Crippen LogP contribution in [0.1, 0.15) is 38.4 Å². The Hall–Kier alpha value is -1.77. The molecule has 1 saturated heterocycles. The van der Waals surface area contributed by atoms with Crippen molar-refractivity contribution in [1.82, 2.24) is 23.4 Å². The molecule has 1 aliphatic heterocycles. The highest BCUT2D eigenvalue weighted by atomic mass is 32.2. The first-order chi connectivity index (χ1) is 12.0. The number of hydrogen-bond donors (Lipinski definition) is 0. The molecule has 1 aliphatic rings. The number of nitrogens with zero attached hydrogens (tertiary/aromatic N) is 5. The van der Waals surface area contributed by atoms with E-state index in [4.69, 9.17) is 0 Å². The molecule has 0 unspecified atom stereocenters. The van der Waals surface area contributed by atoms with Crippen LogP contribution in [0.3, 0.4) is 0 Å². The Morgan fingerprint density at radius 2 is 1.96 bits per heavy atom. The smallest absolute Gasteiger partial charge is 0.275 e. The first-order valence-electron chi connectivity index (χ1n) is 8.69.